The molecule has 0 radical (unpaired) electrons. The highest BCUT2D eigenvalue weighted by molar-refractivity contribution is 5.77. The molecule has 1 rings (SSSR count). The Bertz CT molecular complexity index is 1420. The van der Waals surface area contributed by atoms with Crippen LogP contribution >= 0.6 is 0 Å². The number of unbranched alkanes of at least 4 members (excludes halogenated alkanes) is 24. The maximum Gasteiger partial charge on any atom is 0.224 e. The molecule has 1 aliphatic heterocycles. The standard InChI is InChI=1S/C61H105NO8/c1-3-5-7-9-11-13-15-17-19-20-21-22-23-24-25-26-27-28-29-30-31-32-33-34-35-37-38-40-42-44-46-48-50-55(64)54(53-69-61-60(68)59(67)58(66)56(52-63)70-61)62-57(65)51-49-47-45-43-41-39-36-18-16-14-12-10-8-6-4-2/h6,8,12,14,18,34-36,40-43,47-50,54-56,58-61,63-64,66-68H,3-5,7,9-11,13,15-17,19-33,37-39,44-46,51-53H2,1-2H3,(H,62,65)/b8-6-,14-12-,35-34+,36-18-,42-40+,43-41-,49-47-,50-48+. The molecule has 6 N–H and O–H groups in total. The summed E-state index contributed by atoms with van der Waals surface area (Å²) in [5.41, 5.74) is 0. The van der Waals surface area contributed by atoms with Crippen LogP contribution in [0.15, 0.2) is 97.2 Å². The molecule has 0 spiro atoms. The minimum Gasteiger partial charge on any atom is -0.394 e. The molecule has 1 fully saturated rings. The summed E-state index contributed by atoms with van der Waals surface area (Å²) in [6, 6.07) is -0.889. The van der Waals surface area contributed by atoms with Crippen LogP contribution in [0.1, 0.15) is 226 Å². The van der Waals surface area contributed by atoms with Crippen LogP contribution in [0.5, 0.6) is 0 Å². The summed E-state index contributed by atoms with van der Waals surface area (Å²) in [4.78, 5) is 12.9. The summed E-state index contributed by atoms with van der Waals surface area (Å²) >= 11 is 0. The highest BCUT2D eigenvalue weighted by Gasteiger charge is 2.44. The predicted octanol–water partition coefficient (Wildman–Crippen LogP) is 14.0. The first-order chi connectivity index (χ1) is 34.3. The van der Waals surface area contributed by atoms with E-state index in [1.54, 1.807) is 12.2 Å². The average Bonchev–Trinajstić information content (AvgIpc) is 3.36. The molecule has 1 aliphatic rings. The molecule has 0 aliphatic carbocycles. The molecule has 0 bridgehead atoms. The van der Waals surface area contributed by atoms with Crippen LogP contribution in [0.3, 0.4) is 0 Å². The van der Waals surface area contributed by atoms with Gasteiger partial charge in [-0.1, -0.05) is 246 Å². The highest BCUT2D eigenvalue weighted by Crippen LogP contribution is 2.23. The van der Waals surface area contributed by atoms with E-state index in [0.29, 0.717) is 12.8 Å². The topological polar surface area (TPSA) is 149 Å². The lowest BCUT2D eigenvalue weighted by atomic mass is 9.99. The Kier molecular flexibility index (Phi) is 46.2. The first-order valence-electron chi connectivity index (χ1n) is 28.5. The number of amides is 1. The first-order valence-corrected chi connectivity index (χ1v) is 28.5. The van der Waals surface area contributed by atoms with Gasteiger partial charge in [0, 0.05) is 6.42 Å². The molecular weight excluding hydrogens is 875 g/mol. The van der Waals surface area contributed by atoms with Gasteiger partial charge in [0.25, 0.3) is 0 Å². The Labute approximate surface area is 428 Å². The number of carbonyl (C=O) groups excluding carboxylic acids is 1. The van der Waals surface area contributed by atoms with Crippen molar-refractivity contribution in [3.05, 3.63) is 97.2 Å². The molecule has 0 aromatic rings. The number of carbonyl (C=O) groups is 1. The molecule has 7 atom stereocenters. The Morgan fingerprint density at radius 1 is 0.500 bits per heavy atom. The molecule has 7 unspecified atom stereocenters. The molecule has 0 aromatic carbocycles. The SMILES string of the molecule is CC/C=C\C/C=C\C/C=C\C/C=C\C/C=C\CC(=O)NC(COC1OC(CO)C(O)C(O)C1O)C(O)/C=C/CC/C=C/CC/C=C/CCCCCCCCCCCCCCCCCCCCCCCC. The lowest BCUT2D eigenvalue weighted by molar-refractivity contribution is -0.302. The second kappa shape index (κ2) is 49.7. The van der Waals surface area contributed by atoms with E-state index < -0.39 is 49.5 Å². The van der Waals surface area contributed by atoms with E-state index in [-0.39, 0.29) is 18.9 Å². The van der Waals surface area contributed by atoms with Gasteiger partial charge in [0.15, 0.2) is 6.29 Å². The third kappa shape index (κ3) is 38.7. The number of rotatable bonds is 47. The lowest BCUT2D eigenvalue weighted by Gasteiger charge is -2.40. The minimum atomic E-state index is -1.60. The summed E-state index contributed by atoms with van der Waals surface area (Å²) in [6.45, 7) is 3.58. The summed E-state index contributed by atoms with van der Waals surface area (Å²) in [6.07, 6.45) is 65.3. The fourth-order valence-corrected chi connectivity index (χ4v) is 8.43. The molecule has 402 valence electrons. The van der Waals surface area contributed by atoms with E-state index in [2.05, 4.69) is 86.0 Å². The maximum atomic E-state index is 12.9. The number of allylic oxidation sites excluding steroid dienone is 14. The zero-order chi connectivity index (χ0) is 50.8. The van der Waals surface area contributed by atoms with Crippen molar-refractivity contribution in [2.75, 3.05) is 13.2 Å². The quantitative estimate of drug-likeness (QED) is 0.0261. The number of hydrogen-bond donors (Lipinski definition) is 6. The molecule has 0 saturated carbocycles. The number of aliphatic hydroxyl groups is 5. The van der Waals surface area contributed by atoms with Crippen molar-refractivity contribution < 1.29 is 39.8 Å². The van der Waals surface area contributed by atoms with Gasteiger partial charge in [0.05, 0.1) is 25.4 Å². The average molecular weight is 981 g/mol. The first kappa shape index (κ1) is 65.1. The zero-order valence-corrected chi connectivity index (χ0v) is 44.5. The molecule has 9 nitrogen and oxygen atoms in total. The Balaban J connectivity index is 2.25. The van der Waals surface area contributed by atoms with Gasteiger partial charge in [-0.15, -0.1) is 0 Å². The Morgan fingerprint density at radius 2 is 0.900 bits per heavy atom. The molecule has 0 aromatic heterocycles. The predicted molar refractivity (Wildman–Crippen MR) is 294 cm³/mol. The monoisotopic (exact) mass is 980 g/mol. The van der Waals surface area contributed by atoms with E-state index in [4.69, 9.17) is 9.47 Å². The molecule has 1 amide bonds. The summed E-state index contributed by atoms with van der Waals surface area (Å²) in [5, 5.41) is 54.2. The van der Waals surface area contributed by atoms with E-state index in [9.17, 15) is 30.3 Å². The fourth-order valence-electron chi connectivity index (χ4n) is 8.43. The van der Waals surface area contributed by atoms with E-state index >= 15 is 0 Å². The van der Waals surface area contributed by atoms with Crippen molar-refractivity contribution in [2.24, 2.45) is 0 Å². The molecule has 1 heterocycles. The third-order valence-electron chi connectivity index (χ3n) is 12.9. The summed E-state index contributed by atoms with van der Waals surface area (Å²) < 4.78 is 11.2. The van der Waals surface area contributed by atoms with E-state index in [0.717, 1.165) is 51.4 Å². The maximum absolute atomic E-state index is 12.9. The van der Waals surface area contributed by atoms with Gasteiger partial charge in [0.1, 0.15) is 24.4 Å². The Morgan fingerprint density at radius 3 is 1.34 bits per heavy atom. The van der Waals surface area contributed by atoms with E-state index in [1.165, 1.54) is 141 Å². The van der Waals surface area contributed by atoms with Crippen molar-refractivity contribution in [1.82, 2.24) is 5.32 Å². The molecule has 1 saturated heterocycles. The number of nitrogens with one attached hydrogen (secondary N) is 1. The largest absolute Gasteiger partial charge is 0.394 e. The number of hydrogen-bond acceptors (Lipinski definition) is 8. The van der Waals surface area contributed by atoms with Gasteiger partial charge in [-0.3, -0.25) is 4.79 Å². The summed E-state index contributed by atoms with van der Waals surface area (Å²) in [5.74, 6) is -0.320. The summed E-state index contributed by atoms with van der Waals surface area (Å²) in [7, 11) is 0. The second-order valence-electron chi connectivity index (χ2n) is 19.3. The van der Waals surface area contributed by atoms with Crippen molar-refractivity contribution >= 4 is 5.91 Å². The van der Waals surface area contributed by atoms with Crippen LogP contribution < -0.4 is 5.32 Å². The van der Waals surface area contributed by atoms with Gasteiger partial charge in [-0.25, -0.2) is 0 Å². The van der Waals surface area contributed by atoms with Gasteiger partial charge in [-0.2, -0.15) is 0 Å². The number of ether oxygens (including phenoxy) is 2. The molecule has 9 heteroatoms. The van der Waals surface area contributed by atoms with Gasteiger partial charge < -0.3 is 40.3 Å². The van der Waals surface area contributed by atoms with Crippen LogP contribution in [-0.2, 0) is 14.3 Å². The van der Waals surface area contributed by atoms with Gasteiger partial charge >= 0.3 is 0 Å². The molecular formula is C61H105NO8. The van der Waals surface area contributed by atoms with Crippen molar-refractivity contribution in [1.29, 1.82) is 0 Å². The second-order valence-corrected chi connectivity index (χ2v) is 19.3. The Hall–Kier alpha value is -2.89. The van der Waals surface area contributed by atoms with Crippen LogP contribution in [-0.4, -0.2) is 87.5 Å². The normalized spacial score (nSPS) is 20.1. The van der Waals surface area contributed by atoms with E-state index in [1.807, 2.05) is 18.2 Å². The smallest absolute Gasteiger partial charge is 0.224 e. The fraction of sp³-hybridized carbons (Fsp3) is 0.721. The molecule has 70 heavy (non-hydrogen) atoms. The zero-order valence-electron chi connectivity index (χ0n) is 44.5. The van der Waals surface area contributed by atoms with Crippen LogP contribution in [0.4, 0.5) is 0 Å². The highest BCUT2D eigenvalue weighted by atomic mass is 16.7. The number of aliphatic hydroxyl groups excluding tert-OH is 5. The minimum absolute atomic E-state index is 0.0974. The van der Waals surface area contributed by atoms with Crippen LogP contribution in [0.25, 0.3) is 0 Å². The van der Waals surface area contributed by atoms with Gasteiger partial charge in [0.2, 0.25) is 5.91 Å². The van der Waals surface area contributed by atoms with Gasteiger partial charge in [-0.05, 0) is 70.6 Å². The third-order valence-corrected chi connectivity index (χ3v) is 12.9. The van der Waals surface area contributed by atoms with Crippen molar-refractivity contribution in [3.8, 4) is 0 Å². The van der Waals surface area contributed by atoms with Crippen molar-refractivity contribution in [3.63, 3.8) is 0 Å². The van der Waals surface area contributed by atoms with Crippen LogP contribution in [0, 0.1) is 0 Å². The van der Waals surface area contributed by atoms with Crippen LogP contribution in [0.2, 0.25) is 0 Å². The van der Waals surface area contributed by atoms with Crippen molar-refractivity contribution in [2.45, 2.75) is 269 Å². The lowest BCUT2D eigenvalue weighted by Crippen LogP contribution is -2.60.